The van der Waals surface area contributed by atoms with Crippen molar-refractivity contribution in [2.75, 3.05) is 20.2 Å². The number of likely N-dealkylation sites (tertiary alicyclic amines) is 1. The van der Waals surface area contributed by atoms with E-state index in [4.69, 9.17) is 4.74 Å². The van der Waals surface area contributed by atoms with Crippen molar-refractivity contribution in [3.05, 3.63) is 58.6 Å². The van der Waals surface area contributed by atoms with Crippen LogP contribution in [-0.2, 0) is 6.18 Å². The molecule has 11 heteroatoms. The predicted molar refractivity (Wildman–Crippen MR) is 126 cm³/mol. The lowest BCUT2D eigenvalue weighted by molar-refractivity contribution is -0.145. The minimum absolute atomic E-state index is 0.317. The van der Waals surface area contributed by atoms with E-state index in [1.807, 2.05) is 13.0 Å². The van der Waals surface area contributed by atoms with Gasteiger partial charge in [-0.1, -0.05) is 0 Å². The fourth-order valence-corrected chi connectivity index (χ4v) is 4.63. The number of ether oxygens (including phenoxy) is 1. The van der Waals surface area contributed by atoms with Crippen molar-refractivity contribution < 1.29 is 22.7 Å². The van der Waals surface area contributed by atoms with Crippen LogP contribution in [0.3, 0.4) is 0 Å². The van der Waals surface area contributed by atoms with Crippen LogP contribution in [0, 0.1) is 6.92 Å². The molecule has 1 aliphatic rings. The maximum absolute atomic E-state index is 13.1. The Morgan fingerprint density at radius 1 is 1.23 bits per heavy atom. The molecule has 186 valence electrons. The third-order valence-corrected chi connectivity index (χ3v) is 6.89. The summed E-state index contributed by atoms with van der Waals surface area (Å²) in [6.45, 7) is 5.16. The smallest absolute Gasteiger partial charge is 0.451 e. The summed E-state index contributed by atoms with van der Waals surface area (Å²) < 4.78 is 44.3. The number of thiazole rings is 1. The Balaban J connectivity index is 1.54. The molecule has 1 aliphatic heterocycles. The normalized spacial score (nSPS) is 17.4. The standard InChI is InChI=1S/C24H26F3N5O2S/c1-14-10-28-22(35-14)17-7-16(8-20(9-17)34-13-19-5-4-6-32(19)3)21(33)31-15(2)18-11-29-23(30-12-18)24(25,26)27/h7-12,15,19H,4-6,13H2,1-3H3,(H,31,33)/t15?,19-/m1/s1. The van der Waals surface area contributed by atoms with Crippen molar-refractivity contribution in [1.82, 2.24) is 25.2 Å². The van der Waals surface area contributed by atoms with Gasteiger partial charge in [0.1, 0.15) is 17.4 Å². The van der Waals surface area contributed by atoms with E-state index in [0.717, 1.165) is 47.2 Å². The van der Waals surface area contributed by atoms with Crippen LogP contribution in [0.5, 0.6) is 5.75 Å². The van der Waals surface area contributed by atoms with Crippen molar-refractivity contribution in [2.24, 2.45) is 0 Å². The number of alkyl halides is 3. The van der Waals surface area contributed by atoms with Gasteiger partial charge in [0.05, 0.1) is 6.04 Å². The zero-order valence-electron chi connectivity index (χ0n) is 19.6. The molecule has 1 unspecified atom stereocenters. The number of aryl methyl sites for hydroxylation is 1. The maximum Gasteiger partial charge on any atom is 0.451 e. The third kappa shape index (κ3) is 6.15. The lowest BCUT2D eigenvalue weighted by Gasteiger charge is -2.20. The van der Waals surface area contributed by atoms with Crippen LogP contribution in [0.4, 0.5) is 13.2 Å². The molecule has 0 saturated carbocycles. The van der Waals surface area contributed by atoms with Crippen molar-refractivity contribution >= 4 is 17.2 Å². The van der Waals surface area contributed by atoms with E-state index >= 15 is 0 Å². The maximum atomic E-state index is 13.1. The number of carbonyl (C=O) groups excluding carboxylic acids is 1. The lowest BCUT2D eigenvalue weighted by Crippen LogP contribution is -2.30. The molecule has 1 N–H and O–H groups in total. The number of rotatable bonds is 7. The summed E-state index contributed by atoms with van der Waals surface area (Å²) in [5, 5.41) is 3.57. The van der Waals surface area contributed by atoms with Crippen LogP contribution in [0.15, 0.2) is 36.8 Å². The summed E-state index contributed by atoms with van der Waals surface area (Å²) in [5.41, 5.74) is 1.49. The average Bonchev–Trinajstić information content (AvgIpc) is 3.44. The number of hydrogen-bond donors (Lipinski definition) is 1. The lowest BCUT2D eigenvalue weighted by atomic mass is 10.1. The Morgan fingerprint density at radius 3 is 2.57 bits per heavy atom. The Labute approximate surface area is 205 Å². The van der Waals surface area contributed by atoms with Crippen molar-refractivity contribution in [1.29, 1.82) is 0 Å². The Kier molecular flexibility index (Phi) is 7.36. The van der Waals surface area contributed by atoms with E-state index in [0.29, 0.717) is 29.5 Å². The number of carbonyl (C=O) groups is 1. The second-order valence-electron chi connectivity index (χ2n) is 8.64. The fourth-order valence-electron chi connectivity index (χ4n) is 3.88. The highest BCUT2D eigenvalue weighted by Crippen LogP contribution is 2.30. The predicted octanol–water partition coefficient (Wildman–Crippen LogP) is 4.89. The minimum Gasteiger partial charge on any atom is -0.492 e. The first-order valence-electron chi connectivity index (χ1n) is 11.2. The van der Waals surface area contributed by atoms with Gasteiger partial charge in [-0.2, -0.15) is 13.2 Å². The van der Waals surface area contributed by atoms with Gasteiger partial charge in [-0.25, -0.2) is 15.0 Å². The number of nitrogens with zero attached hydrogens (tertiary/aromatic N) is 4. The monoisotopic (exact) mass is 505 g/mol. The summed E-state index contributed by atoms with van der Waals surface area (Å²) in [6, 6.07) is 4.99. The quantitative estimate of drug-likeness (QED) is 0.493. The van der Waals surface area contributed by atoms with Crippen molar-refractivity contribution in [3.63, 3.8) is 0 Å². The van der Waals surface area contributed by atoms with Gasteiger partial charge in [-0.3, -0.25) is 4.79 Å². The molecule has 1 fully saturated rings. The second-order valence-corrected chi connectivity index (χ2v) is 9.88. The molecular formula is C24H26F3N5O2S. The zero-order valence-corrected chi connectivity index (χ0v) is 20.4. The largest absolute Gasteiger partial charge is 0.492 e. The molecular weight excluding hydrogens is 479 g/mol. The van der Waals surface area contributed by atoms with E-state index < -0.39 is 23.9 Å². The highest BCUT2D eigenvalue weighted by molar-refractivity contribution is 7.14. The van der Waals surface area contributed by atoms with E-state index in [-0.39, 0.29) is 0 Å². The van der Waals surface area contributed by atoms with Crippen LogP contribution in [-0.4, -0.2) is 52.0 Å². The molecule has 0 bridgehead atoms. The highest BCUT2D eigenvalue weighted by atomic mass is 32.1. The number of likely N-dealkylation sites (N-methyl/N-ethyl adjacent to an activating group) is 1. The van der Waals surface area contributed by atoms with Gasteiger partial charge in [0.2, 0.25) is 5.82 Å². The first-order chi connectivity index (χ1) is 16.6. The number of hydrogen-bond acceptors (Lipinski definition) is 7. The molecule has 2 aromatic heterocycles. The third-order valence-electron chi connectivity index (χ3n) is 5.92. The van der Waals surface area contributed by atoms with E-state index in [1.54, 1.807) is 25.3 Å². The van der Waals surface area contributed by atoms with Crippen LogP contribution in [0.1, 0.15) is 52.4 Å². The Hall–Kier alpha value is -3.05. The van der Waals surface area contributed by atoms with Gasteiger partial charge in [0.15, 0.2) is 0 Å². The van der Waals surface area contributed by atoms with Crippen molar-refractivity contribution in [2.45, 2.75) is 44.9 Å². The van der Waals surface area contributed by atoms with Crippen LogP contribution in [0.25, 0.3) is 10.6 Å². The summed E-state index contributed by atoms with van der Waals surface area (Å²) in [7, 11) is 2.07. The molecule has 2 atom stereocenters. The average molecular weight is 506 g/mol. The van der Waals surface area contributed by atoms with Crippen molar-refractivity contribution in [3.8, 4) is 16.3 Å². The number of benzene rings is 1. The summed E-state index contributed by atoms with van der Waals surface area (Å²) in [5.74, 6) is -1.05. The molecule has 3 heterocycles. The summed E-state index contributed by atoms with van der Waals surface area (Å²) in [6.07, 6.45) is 1.48. The minimum atomic E-state index is -4.62. The Bertz CT molecular complexity index is 1180. The SMILES string of the molecule is Cc1cnc(-c2cc(OC[C@H]3CCCN3C)cc(C(=O)NC(C)c3cnc(C(F)(F)F)nc3)c2)s1. The zero-order chi connectivity index (χ0) is 25.2. The molecule has 0 spiro atoms. The van der Waals surface area contributed by atoms with Gasteiger partial charge >= 0.3 is 6.18 Å². The van der Waals surface area contributed by atoms with E-state index in [1.165, 1.54) is 11.3 Å². The number of nitrogens with one attached hydrogen (secondary N) is 1. The van der Waals surface area contributed by atoms with Gasteiger partial charge in [0.25, 0.3) is 5.91 Å². The Morgan fingerprint density at radius 2 is 1.97 bits per heavy atom. The number of amides is 1. The molecule has 1 saturated heterocycles. The molecule has 1 amide bonds. The summed E-state index contributed by atoms with van der Waals surface area (Å²) >= 11 is 1.51. The highest BCUT2D eigenvalue weighted by Gasteiger charge is 2.34. The molecule has 7 nitrogen and oxygen atoms in total. The number of halogens is 3. The molecule has 4 rings (SSSR count). The topological polar surface area (TPSA) is 80.2 Å². The van der Waals surface area contributed by atoms with Crippen LogP contribution < -0.4 is 10.1 Å². The van der Waals surface area contributed by atoms with Crippen LogP contribution in [0.2, 0.25) is 0 Å². The van der Waals surface area contributed by atoms with Gasteiger partial charge < -0.3 is 15.0 Å². The molecule has 0 radical (unpaired) electrons. The van der Waals surface area contributed by atoms with E-state index in [2.05, 4.69) is 32.2 Å². The molecule has 35 heavy (non-hydrogen) atoms. The van der Waals surface area contributed by atoms with Gasteiger partial charge in [-0.05, 0) is 58.5 Å². The fraction of sp³-hybridized carbons (Fsp3) is 0.417. The first kappa shape index (κ1) is 25.1. The molecule has 3 aromatic rings. The van der Waals surface area contributed by atoms with Crippen LogP contribution >= 0.6 is 11.3 Å². The molecule has 1 aromatic carbocycles. The van der Waals surface area contributed by atoms with E-state index in [9.17, 15) is 18.0 Å². The summed E-state index contributed by atoms with van der Waals surface area (Å²) in [4.78, 5) is 27.6. The number of aromatic nitrogens is 3. The second kappa shape index (κ2) is 10.3. The first-order valence-corrected chi connectivity index (χ1v) is 12.0. The van der Waals surface area contributed by atoms with Gasteiger partial charge in [-0.15, -0.1) is 11.3 Å². The van der Waals surface area contributed by atoms with Gasteiger partial charge in [0, 0.05) is 46.2 Å². The molecule has 0 aliphatic carbocycles.